The van der Waals surface area contributed by atoms with E-state index < -0.39 is 5.97 Å². The molecule has 0 spiro atoms. The molecule has 39 heavy (non-hydrogen) atoms. The Balaban J connectivity index is 1.46. The topological polar surface area (TPSA) is 136 Å². The fourth-order valence-corrected chi connectivity index (χ4v) is 4.49. The zero-order valence-electron chi connectivity index (χ0n) is 20.8. The smallest absolute Gasteiger partial charge is 0.356 e. The second-order valence-corrected chi connectivity index (χ2v) is 8.74. The quantitative estimate of drug-likeness (QED) is 0.326. The Morgan fingerprint density at radius 3 is 2.72 bits per heavy atom. The van der Waals surface area contributed by atoms with Gasteiger partial charge in [0.2, 0.25) is 0 Å². The van der Waals surface area contributed by atoms with E-state index in [4.69, 9.17) is 9.47 Å². The van der Waals surface area contributed by atoms with Crippen LogP contribution in [-0.2, 0) is 6.54 Å². The predicted octanol–water partition coefficient (Wildman–Crippen LogP) is 3.12. The molecule has 1 aliphatic heterocycles. The standard InChI is InChI=1S/C27H23N7O5/c1-38-18-9-7-17(8-10-18)16-32-13-14-39-23-22(32)25-29-15-20(27(36)37)34(25)31-24(23)30-19-5-4-12-33(26(19)35)21-6-2-3-11-28-21/h2-12,15H,13-14,16H2,1H3,(H,30,31)(H,36,37). The van der Waals surface area contributed by atoms with E-state index >= 15 is 0 Å². The number of nitrogens with zero attached hydrogens (tertiary/aromatic N) is 6. The number of nitrogens with one attached hydrogen (secondary N) is 1. The van der Waals surface area contributed by atoms with Crippen LogP contribution < -0.4 is 25.2 Å². The van der Waals surface area contributed by atoms with Crippen molar-refractivity contribution in [1.82, 2.24) is 24.1 Å². The minimum Gasteiger partial charge on any atom is -0.497 e. The Bertz CT molecular complexity index is 1730. The van der Waals surface area contributed by atoms with Crippen molar-refractivity contribution in [2.24, 2.45) is 0 Å². The second-order valence-electron chi connectivity index (χ2n) is 8.74. The van der Waals surface area contributed by atoms with Gasteiger partial charge < -0.3 is 24.8 Å². The highest BCUT2D eigenvalue weighted by Crippen LogP contribution is 2.41. The van der Waals surface area contributed by atoms with Gasteiger partial charge in [-0.3, -0.25) is 9.36 Å². The minimum absolute atomic E-state index is 0.121. The summed E-state index contributed by atoms with van der Waals surface area (Å²) < 4.78 is 14.0. The van der Waals surface area contributed by atoms with E-state index in [0.717, 1.165) is 11.3 Å². The van der Waals surface area contributed by atoms with Gasteiger partial charge in [0.15, 0.2) is 22.9 Å². The number of carbonyl (C=O) groups is 1. The molecule has 0 saturated heterocycles. The lowest BCUT2D eigenvalue weighted by molar-refractivity contribution is 0.0688. The zero-order chi connectivity index (χ0) is 26.9. The van der Waals surface area contributed by atoms with Gasteiger partial charge >= 0.3 is 5.97 Å². The maximum atomic E-state index is 13.3. The van der Waals surface area contributed by atoms with E-state index in [1.165, 1.54) is 15.3 Å². The Hall–Kier alpha value is -5.39. The number of aromatic carboxylic acids is 1. The van der Waals surface area contributed by atoms with Crippen molar-refractivity contribution in [1.29, 1.82) is 0 Å². The lowest BCUT2D eigenvalue weighted by atomic mass is 10.1. The van der Waals surface area contributed by atoms with Crippen LogP contribution in [0.25, 0.3) is 11.5 Å². The molecule has 0 amide bonds. The number of methoxy groups -OCH3 is 1. The number of carboxylic acid groups (broad SMARTS) is 1. The van der Waals surface area contributed by atoms with Crippen molar-refractivity contribution in [2.75, 3.05) is 30.5 Å². The number of hydrogen-bond donors (Lipinski definition) is 2. The highest BCUT2D eigenvalue weighted by molar-refractivity contribution is 5.90. The molecule has 5 aromatic rings. The van der Waals surface area contributed by atoms with Crippen LogP contribution in [0.3, 0.4) is 0 Å². The molecule has 2 N–H and O–H groups in total. The molecule has 1 aliphatic rings. The fourth-order valence-electron chi connectivity index (χ4n) is 4.49. The van der Waals surface area contributed by atoms with Gasteiger partial charge in [-0.2, -0.15) is 0 Å². The summed E-state index contributed by atoms with van der Waals surface area (Å²) >= 11 is 0. The molecular weight excluding hydrogens is 502 g/mol. The van der Waals surface area contributed by atoms with Gasteiger partial charge in [-0.25, -0.2) is 19.3 Å². The van der Waals surface area contributed by atoms with Gasteiger partial charge in [0.1, 0.15) is 29.5 Å². The first-order chi connectivity index (χ1) is 19.0. The van der Waals surface area contributed by atoms with Crippen LogP contribution in [0.2, 0.25) is 0 Å². The van der Waals surface area contributed by atoms with E-state index in [9.17, 15) is 14.7 Å². The maximum absolute atomic E-state index is 13.3. The van der Waals surface area contributed by atoms with Crippen molar-refractivity contribution in [2.45, 2.75) is 6.54 Å². The van der Waals surface area contributed by atoms with Crippen LogP contribution >= 0.6 is 0 Å². The summed E-state index contributed by atoms with van der Waals surface area (Å²) in [5.74, 6) is 0.585. The van der Waals surface area contributed by atoms with Gasteiger partial charge in [0, 0.05) is 18.9 Å². The number of fused-ring (bicyclic) bond motifs is 3. The van der Waals surface area contributed by atoms with Gasteiger partial charge in [-0.15, -0.1) is 5.10 Å². The van der Waals surface area contributed by atoms with Crippen molar-refractivity contribution >= 4 is 28.8 Å². The number of anilines is 3. The van der Waals surface area contributed by atoms with Crippen LogP contribution in [0.1, 0.15) is 16.1 Å². The molecule has 0 radical (unpaired) electrons. The first-order valence-electron chi connectivity index (χ1n) is 12.1. The third-order valence-electron chi connectivity index (χ3n) is 6.35. The van der Waals surface area contributed by atoms with Crippen LogP contribution in [-0.4, -0.2) is 55.5 Å². The van der Waals surface area contributed by atoms with Gasteiger partial charge in [0.05, 0.1) is 19.9 Å². The Morgan fingerprint density at radius 2 is 1.97 bits per heavy atom. The summed E-state index contributed by atoms with van der Waals surface area (Å²) in [4.78, 5) is 36.0. The van der Waals surface area contributed by atoms with Crippen LogP contribution in [0.4, 0.5) is 17.2 Å². The Kier molecular flexibility index (Phi) is 6.04. The van der Waals surface area contributed by atoms with Gasteiger partial charge in [-0.1, -0.05) is 18.2 Å². The number of imidazole rings is 1. The van der Waals surface area contributed by atoms with Crippen molar-refractivity contribution in [3.05, 3.63) is 94.8 Å². The minimum atomic E-state index is -1.18. The second kappa shape index (κ2) is 9.82. The number of benzene rings is 1. The number of aromatic nitrogens is 5. The molecule has 196 valence electrons. The molecule has 0 fully saturated rings. The first kappa shape index (κ1) is 24.0. The first-order valence-corrected chi connectivity index (χ1v) is 12.1. The molecule has 12 nitrogen and oxygen atoms in total. The monoisotopic (exact) mass is 525 g/mol. The Labute approximate surface area is 221 Å². The molecule has 0 atom stereocenters. The fraction of sp³-hybridized carbons (Fsp3) is 0.148. The van der Waals surface area contributed by atoms with E-state index in [-0.39, 0.29) is 22.8 Å². The van der Waals surface area contributed by atoms with E-state index in [1.807, 2.05) is 24.3 Å². The number of hydrogen-bond acceptors (Lipinski definition) is 9. The number of pyridine rings is 2. The van der Waals surface area contributed by atoms with Gasteiger partial charge in [-0.05, 0) is 42.0 Å². The molecule has 12 heteroatoms. The van der Waals surface area contributed by atoms with E-state index in [1.54, 1.807) is 49.8 Å². The van der Waals surface area contributed by atoms with Crippen molar-refractivity contribution in [3.63, 3.8) is 0 Å². The summed E-state index contributed by atoms with van der Waals surface area (Å²) in [6.45, 7) is 1.40. The molecule has 0 bridgehead atoms. The van der Waals surface area contributed by atoms with Crippen LogP contribution in [0, 0.1) is 0 Å². The maximum Gasteiger partial charge on any atom is 0.356 e. The predicted molar refractivity (Wildman–Crippen MR) is 143 cm³/mol. The van der Waals surface area contributed by atoms with Crippen molar-refractivity contribution in [3.8, 4) is 17.3 Å². The highest BCUT2D eigenvalue weighted by atomic mass is 16.5. The van der Waals surface area contributed by atoms with E-state index in [2.05, 4.69) is 25.3 Å². The number of rotatable bonds is 7. The van der Waals surface area contributed by atoms with E-state index in [0.29, 0.717) is 42.6 Å². The normalized spacial score (nSPS) is 12.6. The molecule has 1 aromatic carbocycles. The lowest BCUT2D eigenvalue weighted by Crippen LogP contribution is -2.33. The van der Waals surface area contributed by atoms with Gasteiger partial charge in [0.25, 0.3) is 5.56 Å². The average Bonchev–Trinajstić information content (AvgIpc) is 3.39. The largest absolute Gasteiger partial charge is 0.497 e. The summed E-state index contributed by atoms with van der Waals surface area (Å²) in [7, 11) is 1.61. The SMILES string of the molecule is COc1ccc(CN2CCOc3c(Nc4cccn(-c5ccccn5)c4=O)nn4c(C(=O)O)cnc4c32)cc1. The Morgan fingerprint density at radius 1 is 1.13 bits per heavy atom. The molecular formula is C27H23N7O5. The molecule has 5 heterocycles. The number of carboxylic acids is 1. The molecule has 0 unspecified atom stereocenters. The summed E-state index contributed by atoms with van der Waals surface area (Å²) in [6, 6.07) is 16.3. The summed E-state index contributed by atoms with van der Waals surface area (Å²) in [5.41, 5.74) is 1.65. The highest BCUT2D eigenvalue weighted by Gasteiger charge is 2.29. The van der Waals surface area contributed by atoms with Crippen molar-refractivity contribution < 1.29 is 19.4 Å². The third kappa shape index (κ3) is 4.37. The zero-order valence-corrected chi connectivity index (χ0v) is 20.8. The van der Waals surface area contributed by atoms with Crippen LogP contribution in [0.15, 0.2) is 78.0 Å². The molecule has 4 aromatic heterocycles. The molecule has 6 rings (SSSR count). The number of ether oxygens (including phenoxy) is 2. The lowest BCUT2D eigenvalue weighted by Gasteiger charge is -2.32. The summed E-state index contributed by atoms with van der Waals surface area (Å²) in [6.07, 6.45) is 4.48. The average molecular weight is 526 g/mol. The molecule has 0 aliphatic carbocycles. The van der Waals surface area contributed by atoms with Crippen LogP contribution in [0.5, 0.6) is 11.5 Å². The summed E-state index contributed by atoms with van der Waals surface area (Å²) in [5, 5.41) is 17.4. The third-order valence-corrected chi connectivity index (χ3v) is 6.35. The molecule has 0 saturated carbocycles.